The molecule has 0 bridgehead atoms. The smallest absolute Gasteiger partial charge is 0.269 e. The number of hydrazone groups is 1. The maximum atomic E-state index is 11.2. The summed E-state index contributed by atoms with van der Waals surface area (Å²) in [7, 11) is 1.62. The summed E-state index contributed by atoms with van der Waals surface area (Å²) in [6, 6.07) is 24.2. The fourth-order valence-electron chi connectivity index (χ4n) is 3.46. The maximum Gasteiger partial charge on any atom is 0.269 e. The lowest BCUT2D eigenvalue weighted by molar-refractivity contribution is -0.384. The molecule has 1 heterocycles. The van der Waals surface area contributed by atoms with Crippen molar-refractivity contribution >= 4 is 17.1 Å². The quantitative estimate of drug-likeness (QED) is 0.468. The lowest BCUT2D eigenvalue weighted by Gasteiger charge is -2.25. The summed E-state index contributed by atoms with van der Waals surface area (Å²) >= 11 is 0. The topological polar surface area (TPSA) is 68.0 Å². The third-order valence-corrected chi connectivity index (χ3v) is 4.82. The standard InChI is InChI=1S/C22H19N3O3/c1-28-22-13-6-5-12-20(22)24-21(17-10-7-11-18(14-17)25(26)27)15-19(23-24)16-8-3-2-4-9-16/h2-14,21H,15H2,1H3/t21-/m0/s1. The Kier molecular flexibility index (Phi) is 4.76. The minimum Gasteiger partial charge on any atom is -0.495 e. The van der Waals surface area contributed by atoms with Gasteiger partial charge in [0.25, 0.3) is 5.69 Å². The van der Waals surface area contributed by atoms with Gasteiger partial charge < -0.3 is 4.74 Å². The molecule has 0 unspecified atom stereocenters. The van der Waals surface area contributed by atoms with Crippen molar-refractivity contribution in [3.63, 3.8) is 0 Å². The average Bonchev–Trinajstić information content (AvgIpc) is 3.20. The summed E-state index contributed by atoms with van der Waals surface area (Å²) in [6.07, 6.45) is 0.642. The van der Waals surface area contributed by atoms with Crippen LogP contribution in [0.4, 0.5) is 11.4 Å². The van der Waals surface area contributed by atoms with Crippen molar-refractivity contribution in [3.8, 4) is 5.75 Å². The molecule has 1 atom stereocenters. The normalized spacial score (nSPS) is 16.0. The second-order valence-corrected chi connectivity index (χ2v) is 6.50. The van der Waals surface area contributed by atoms with E-state index >= 15 is 0 Å². The van der Waals surface area contributed by atoms with Crippen LogP contribution in [0, 0.1) is 10.1 Å². The van der Waals surface area contributed by atoms with E-state index in [0.29, 0.717) is 12.2 Å². The number of non-ortho nitro benzene ring substituents is 1. The highest BCUT2D eigenvalue weighted by Crippen LogP contribution is 2.41. The third kappa shape index (κ3) is 3.32. The molecule has 0 amide bonds. The van der Waals surface area contributed by atoms with Gasteiger partial charge in [-0.3, -0.25) is 15.1 Å². The minimum absolute atomic E-state index is 0.0747. The highest BCUT2D eigenvalue weighted by Gasteiger charge is 2.32. The molecule has 140 valence electrons. The number of para-hydroxylation sites is 2. The highest BCUT2D eigenvalue weighted by molar-refractivity contribution is 6.03. The lowest BCUT2D eigenvalue weighted by atomic mass is 9.98. The Bertz CT molecular complexity index is 1030. The van der Waals surface area contributed by atoms with Crippen molar-refractivity contribution in [2.24, 2.45) is 5.10 Å². The van der Waals surface area contributed by atoms with Crippen molar-refractivity contribution < 1.29 is 9.66 Å². The van der Waals surface area contributed by atoms with E-state index < -0.39 is 0 Å². The number of rotatable bonds is 5. The largest absolute Gasteiger partial charge is 0.495 e. The third-order valence-electron chi connectivity index (χ3n) is 4.82. The van der Waals surface area contributed by atoms with Crippen LogP contribution in [0.15, 0.2) is 84.0 Å². The Labute approximate surface area is 162 Å². The summed E-state index contributed by atoms with van der Waals surface area (Å²) in [5.41, 5.74) is 3.71. The summed E-state index contributed by atoms with van der Waals surface area (Å²) in [5, 5.41) is 18.0. The molecule has 3 aromatic rings. The zero-order chi connectivity index (χ0) is 19.5. The van der Waals surface area contributed by atoms with Crippen LogP contribution in [-0.2, 0) is 0 Å². The number of anilines is 1. The number of hydrogen-bond acceptors (Lipinski definition) is 5. The van der Waals surface area contributed by atoms with Crippen LogP contribution in [0.2, 0.25) is 0 Å². The molecule has 0 fully saturated rings. The predicted octanol–water partition coefficient (Wildman–Crippen LogP) is 4.96. The van der Waals surface area contributed by atoms with Gasteiger partial charge in [-0.25, -0.2) is 0 Å². The Morgan fingerprint density at radius 3 is 2.54 bits per heavy atom. The number of hydrogen-bond donors (Lipinski definition) is 0. The second-order valence-electron chi connectivity index (χ2n) is 6.50. The Morgan fingerprint density at radius 2 is 1.79 bits per heavy atom. The molecule has 28 heavy (non-hydrogen) atoms. The minimum atomic E-state index is -0.370. The second kappa shape index (κ2) is 7.52. The molecule has 6 nitrogen and oxygen atoms in total. The molecule has 3 aromatic carbocycles. The van der Waals surface area contributed by atoms with Crippen molar-refractivity contribution in [2.45, 2.75) is 12.5 Å². The highest BCUT2D eigenvalue weighted by atomic mass is 16.6. The van der Waals surface area contributed by atoms with Crippen molar-refractivity contribution in [1.29, 1.82) is 0 Å². The van der Waals surface area contributed by atoms with E-state index in [-0.39, 0.29) is 16.7 Å². The van der Waals surface area contributed by atoms with Crippen LogP contribution in [0.25, 0.3) is 0 Å². The van der Waals surface area contributed by atoms with Gasteiger partial charge in [0.05, 0.1) is 23.8 Å². The van der Waals surface area contributed by atoms with Gasteiger partial charge in [0.15, 0.2) is 0 Å². The van der Waals surface area contributed by atoms with Crippen LogP contribution in [0.1, 0.15) is 23.6 Å². The summed E-state index contributed by atoms with van der Waals surface area (Å²) in [5.74, 6) is 0.705. The van der Waals surface area contributed by atoms with Gasteiger partial charge in [-0.05, 0) is 23.3 Å². The number of benzene rings is 3. The van der Waals surface area contributed by atoms with Crippen molar-refractivity contribution in [2.75, 3.05) is 12.1 Å². The molecule has 1 aliphatic rings. The molecular formula is C22H19N3O3. The number of nitro groups is 1. The molecule has 0 saturated carbocycles. The van der Waals surface area contributed by atoms with E-state index in [1.165, 1.54) is 6.07 Å². The molecule has 0 aliphatic carbocycles. The van der Waals surface area contributed by atoms with Gasteiger partial charge in [-0.15, -0.1) is 0 Å². The summed E-state index contributed by atoms with van der Waals surface area (Å²) in [6.45, 7) is 0. The summed E-state index contributed by atoms with van der Waals surface area (Å²) in [4.78, 5) is 10.9. The van der Waals surface area contributed by atoms with Gasteiger partial charge in [0.2, 0.25) is 0 Å². The number of nitro benzene ring substituents is 1. The molecule has 0 spiro atoms. The monoisotopic (exact) mass is 373 g/mol. The van der Waals surface area contributed by atoms with E-state index in [0.717, 1.165) is 22.5 Å². The predicted molar refractivity (Wildman–Crippen MR) is 109 cm³/mol. The van der Waals surface area contributed by atoms with Crippen LogP contribution < -0.4 is 9.75 Å². The zero-order valence-corrected chi connectivity index (χ0v) is 15.4. The fourth-order valence-corrected chi connectivity index (χ4v) is 3.46. The number of methoxy groups -OCH3 is 1. The fraction of sp³-hybridized carbons (Fsp3) is 0.136. The first-order valence-corrected chi connectivity index (χ1v) is 8.97. The molecule has 1 aliphatic heterocycles. The first kappa shape index (κ1) is 17.7. The Hall–Kier alpha value is -3.67. The zero-order valence-electron chi connectivity index (χ0n) is 15.4. The van der Waals surface area contributed by atoms with Crippen molar-refractivity contribution in [3.05, 3.63) is 100 Å². The maximum absolute atomic E-state index is 11.2. The van der Waals surface area contributed by atoms with Crippen LogP contribution in [0.5, 0.6) is 5.75 Å². The van der Waals surface area contributed by atoms with E-state index in [1.54, 1.807) is 19.2 Å². The van der Waals surface area contributed by atoms with E-state index in [2.05, 4.69) is 0 Å². The van der Waals surface area contributed by atoms with E-state index in [4.69, 9.17) is 9.84 Å². The van der Waals surface area contributed by atoms with Crippen LogP contribution in [-0.4, -0.2) is 17.7 Å². The van der Waals surface area contributed by atoms with E-state index in [1.807, 2.05) is 65.7 Å². The molecule has 6 heteroatoms. The van der Waals surface area contributed by atoms with E-state index in [9.17, 15) is 10.1 Å². The summed E-state index contributed by atoms with van der Waals surface area (Å²) < 4.78 is 5.53. The van der Waals surface area contributed by atoms with Gasteiger partial charge in [0, 0.05) is 18.6 Å². The first-order chi connectivity index (χ1) is 13.7. The molecule has 0 N–H and O–H groups in total. The number of nitrogens with zero attached hydrogens (tertiary/aromatic N) is 3. The number of ether oxygens (including phenoxy) is 1. The molecular weight excluding hydrogens is 354 g/mol. The Morgan fingerprint density at radius 1 is 1.04 bits per heavy atom. The van der Waals surface area contributed by atoms with Gasteiger partial charge >= 0.3 is 0 Å². The Balaban J connectivity index is 1.80. The van der Waals surface area contributed by atoms with Crippen LogP contribution in [0.3, 0.4) is 0 Å². The first-order valence-electron chi connectivity index (χ1n) is 8.97. The molecule has 4 rings (SSSR count). The van der Waals surface area contributed by atoms with Gasteiger partial charge in [0.1, 0.15) is 11.4 Å². The van der Waals surface area contributed by atoms with Crippen molar-refractivity contribution in [1.82, 2.24) is 0 Å². The SMILES string of the molecule is COc1ccccc1N1N=C(c2ccccc2)C[C@H]1c1cccc([N+](=O)[O-])c1. The van der Waals surface area contributed by atoms with Gasteiger partial charge in [-0.1, -0.05) is 54.6 Å². The molecule has 0 aromatic heterocycles. The average molecular weight is 373 g/mol. The molecule has 0 saturated heterocycles. The van der Waals surface area contributed by atoms with Gasteiger partial charge in [-0.2, -0.15) is 5.10 Å². The van der Waals surface area contributed by atoms with Crippen LogP contribution >= 0.6 is 0 Å². The lowest BCUT2D eigenvalue weighted by Crippen LogP contribution is -2.19. The molecule has 0 radical (unpaired) electrons.